The van der Waals surface area contributed by atoms with E-state index in [1.807, 2.05) is 42.2 Å². The lowest BCUT2D eigenvalue weighted by atomic mass is 10.1. The van der Waals surface area contributed by atoms with Crippen molar-refractivity contribution in [2.24, 2.45) is 0 Å². The molecule has 0 N–H and O–H groups in total. The van der Waals surface area contributed by atoms with Crippen molar-refractivity contribution in [1.82, 2.24) is 14.9 Å². The molecule has 1 aliphatic rings. The van der Waals surface area contributed by atoms with E-state index in [0.717, 1.165) is 12.0 Å². The van der Waals surface area contributed by atoms with Gasteiger partial charge in [0.25, 0.3) is 5.91 Å². The van der Waals surface area contributed by atoms with Gasteiger partial charge in [-0.3, -0.25) is 4.79 Å². The van der Waals surface area contributed by atoms with Gasteiger partial charge < -0.3 is 9.64 Å². The number of ether oxygens (including phenoxy) is 1. The molecule has 2 aromatic rings. The first-order valence-corrected chi connectivity index (χ1v) is 7.98. The number of hydrogen-bond acceptors (Lipinski definition) is 4. The van der Waals surface area contributed by atoms with Gasteiger partial charge in [-0.1, -0.05) is 37.3 Å². The van der Waals surface area contributed by atoms with Crippen LogP contribution in [0.25, 0.3) is 11.4 Å². The Morgan fingerprint density at radius 3 is 2.83 bits per heavy atom. The summed E-state index contributed by atoms with van der Waals surface area (Å²) in [5.41, 5.74) is 2.24. The van der Waals surface area contributed by atoms with E-state index in [2.05, 4.69) is 16.9 Å². The van der Waals surface area contributed by atoms with Crippen molar-refractivity contribution >= 4 is 5.91 Å². The SMILES string of the molecule is CC[C@H]1COCCN1C(=O)c1cnc(-c2ccccc2)nc1C. The summed E-state index contributed by atoms with van der Waals surface area (Å²) < 4.78 is 5.47. The van der Waals surface area contributed by atoms with E-state index >= 15 is 0 Å². The maximum atomic E-state index is 12.8. The highest BCUT2D eigenvalue weighted by Gasteiger charge is 2.28. The molecule has 1 saturated heterocycles. The standard InChI is InChI=1S/C18H21N3O2/c1-3-15-12-23-10-9-21(15)18(22)16-11-19-17(20-13(16)2)14-7-5-4-6-8-14/h4-8,11,15H,3,9-10,12H2,1-2H3/t15-/m0/s1. The van der Waals surface area contributed by atoms with Gasteiger partial charge in [-0.15, -0.1) is 0 Å². The van der Waals surface area contributed by atoms with Gasteiger partial charge in [0.2, 0.25) is 0 Å². The van der Waals surface area contributed by atoms with Crippen molar-refractivity contribution in [3.05, 3.63) is 47.8 Å². The predicted molar refractivity (Wildman–Crippen MR) is 88.1 cm³/mol. The zero-order valence-electron chi connectivity index (χ0n) is 13.5. The molecule has 5 nitrogen and oxygen atoms in total. The van der Waals surface area contributed by atoms with Crippen LogP contribution in [0, 0.1) is 6.92 Å². The number of amides is 1. The smallest absolute Gasteiger partial charge is 0.257 e. The van der Waals surface area contributed by atoms with Crippen LogP contribution in [0.3, 0.4) is 0 Å². The zero-order valence-corrected chi connectivity index (χ0v) is 13.5. The van der Waals surface area contributed by atoms with Crippen LogP contribution in [-0.4, -0.2) is 46.6 Å². The molecule has 0 bridgehead atoms. The minimum atomic E-state index is -0.00254. The van der Waals surface area contributed by atoms with Gasteiger partial charge in [0.1, 0.15) is 0 Å². The second kappa shape index (κ2) is 6.87. The molecule has 0 aliphatic carbocycles. The molecule has 120 valence electrons. The number of aromatic nitrogens is 2. The van der Waals surface area contributed by atoms with Crippen LogP contribution in [0.1, 0.15) is 29.4 Å². The summed E-state index contributed by atoms with van der Waals surface area (Å²) in [4.78, 5) is 23.6. The molecule has 0 unspecified atom stereocenters. The molecule has 3 rings (SSSR count). The molecule has 0 radical (unpaired) electrons. The number of rotatable bonds is 3. The van der Waals surface area contributed by atoms with Crippen LogP contribution < -0.4 is 0 Å². The number of carbonyl (C=O) groups excluding carboxylic acids is 1. The highest BCUT2D eigenvalue weighted by molar-refractivity contribution is 5.95. The van der Waals surface area contributed by atoms with Gasteiger partial charge in [0.15, 0.2) is 5.82 Å². The highest BCUT2D eigenvalue weighted by atomic mass is 16.5. The molecule has 1 aromatic carbocycles. The quantitative estimate of drug-likeness (QED) is 0.874. The molecular weight excluding hydrogens is 290 g/mol. The number of morpholine rings is 1. The van der Waals surface area contributed by atoms with E-state index < -0.39 is 0 Å². The highest BCUT2D eigenvalue weighted by Crippen LogP contribution is 2.19. The van der Waals surface area contributed by atoms with Gasteiger partial charge in [-0.25, -0.2) is 9.97 Å². The van der Waals surface area contributed by atoms with E-state index in [4.69, 9.17) is 4.74 Å². The maximum Gasteiger partial charge on any atom is 0.257 e. The third-order valence-corrected chi connectivity index (χ3v) is 4.20. The zero-order chi connectivity index (χ0) is 16.2. The average molecular weight is 311 g/mol. The second-order valence-electron chi connectivity index (χ2n) is 5.69. The summed E-state index contributed by atoms with van der Waals surface area (Å²) in [6.07, 6.45) is 2.53. The number of aryl methyl sites for hydroxylation is 1. The van der Waals surface area contributed by atoms with Crippen molar-refractivity contribution in [3.8, 4) is 11.4 Å². The number of hydrogen-bond donors (Lipinski definition) is 0. The Morgan fingerprint density at radius 2 is 2.13 bits per heavy atom. The summed E-state index contributed by atoms with van der Waals surface area (Å²) in [5.74, 6) is 0.644. The molecule has 1 aromatic heterocycles. The van der Waals surface area contributed by atoms with Gasteiger partial charge in [-0.05, 0) is 13.3 Å². The van der Waals surface area contributed by atoms with Gasteiger partial charge in [0.05, 0.1) is 30.5 Å². The van der Waals surface area contributed by atoms with E-state index in [-0.39, 0.29) is 11.9 Å². The van der Waals surface area contributed by atoms with Crippen LogP contribution >= 0.6 is 0 Å². The van der Waals surface area contributed by atoms with Crippen LogP contribution in [0.4, 0.5) is 0 Å². The predicted octanol–water partition coefficient (Wildman–Crippen LogP) is 2.70. The average Bonchev–Trinajstić information content (AvgIpc) is 2.61. The third kappa shape index (κ3) is 3.24. The fourth-order valence-electron chi connectivity index (χ4n) is 2.82. The third-order valence-electron chi connectivity index (χ3n) is 4.20. The Balaban J connectivity index is 1.87. The molecular formula is C18H21N3O2. The van der Waals surface area contributed by atoms with E-state index in [0.29, 0.717) is 36.8 Å². The molecule has 5 heteroatoms. The lowest BCUT2D eigenvalue weighted by Crippen LogP contribution is -2.48. The summed E-state index contributed by atoms with van der Waals surface area (Å²) in [5, 5.41) is 0. The molecule has 0 saturated carbocycles. The Hall–Kier alpha value is -2.27. The fraction of sp³-hybridized carbons (Fsp3) is 0.389. The van der Waals surface area contributed by atoms with E-state index in [1.54, 1.807) is 6.20 Å². The van der Waals surface area contributed by atoms with E-state index in [1.165, 1.54) is 0 Å². The van der Waals surface area contributed by atoms with Crippen LogP contribution in [0.2, 0.25) is 0 Å². The summed E-state index contributed by atoms with van der Waals surface area (Å²) >= 11 is 0. The monoisotopic (exact) mass is 311 g/mol. The lowest BCUT2D eigenvalue weighted by molar-refractivity contribution is -0.00288. The van der Waals surface area contributed by atoms with Crippen molar-refractivity contribution in [2.45, 2.75) is 26.3 Å². The Bertz CT molecular complexity index is 688. The largest absolute Gasteiger partial charge is 0.377 e. The lowest BCUT2D eigenvalue weighted by Gasteiger charge is -2.35. The minimum absolute atomic E-state index is 0.00254. The van der Waals surface area contributed by atoms with Crippen molar-refractivity contribution in [3.63, 3.8) is 0 Å². The molecule has 1 amide bonds. The number of carbonyl (C=O) groups is 1. The topological polar surface area (TPSA) is 55.3 Å². The maximum absolute atomic E-state index is 12.8. The first-order valence-electron chi connectivity index (χ1n) is 7.98. The Labute approximate surface area is 136 Å². The van der Waals surface area contributed by atoms with Gasteiger partial charge in [0, 0.05) is 18.3 Å². The number of nitrogens with zero attached hydrogens (tertiary/aromatic N) is 3. The Morgan fingerprint density at radius 1 is 1.35 bits per heavy atom. The van der Waals surface area contributed by atoms with Gasteiger partial charge in [-0.2, -0.15) is 0 Å². The fourth-order valence-corrected chi connectivity index (χ4v) is 2.82. The molecule has 1 fully saturated rings. The molecule has 2 heterocycles. The minimum Gasteiger partial charge on any atom is -0.377 e. The van der Waals surface area contributed by atoms with Crippen molar-refractivity contribution in [1.29, 1.82) is 0 Å². The summed E-state index contributed by atoms with van der Waals surface area (Å²) in [7, 11) is 0. The second-order valence-corrected chi connectivity index (χ2v) is 5.69. The van der Waals surface area contributed by atoms with Crippen molar-refractivity contribution < 1.29 is 9.53 Å². The molecule has 0 spiro atoms. The van der Waals surface area contributed by atoms with Crippen molar-refractivity contribution in [2.75, 3.05) is 19.8 Å². The molecule has 1 aliphatic heterocycles. The number of benzene rings is 1. The van der Waals surface area contributed by atoms with E-state index in [9.17, 15) is 4.79 Å². The van der Waals surface area contributed by atoms with Crippen LogP contribution in [0.15, 0.2) is 36.5 Å². The molecule has 23 heavy (non-hydrogen) atoms. The first kappa shape index (κ1) is 15.6. The summed E-state index contributed by atoms with van der Waals surface area (Å²) in [6, 6.07) is 9.91. The van der Waals surface area contributed by atoms with Crippen LogP contribution in [0.5, 0.6) is 0 Å². The molecule has 1 atom stereocenters. The normalized spacial score (nSPS) is 18.0. The summed E-state index contributed by atoms with van der Waals surface area (Å²) in [6.45, 7) is 5.75. The Kier molecular flexibility index (Phi) is 4.67. The van der Waals surface area contributed by atoms with Gasteiger partial charge >= 0.3 is 0 Å². The van der Waals surface area contributed by atoms with Crippen LogP contribution in [-0.2, 0) is 4.74 Å². The first-order chi connectivity index (χ1) is 11.2.